The number of aliphatic carboxylic acids is 1. The Morgan fingerprint density at radius 3 is 2.79 bits per heavy atom. The largest absolute Gasteiger partial charge is 0.496 e. The normalized spacial score (nSPS) is 16.7. The van der Waals surface area contributed by atoms with E-state index in [2.05, 4.69) is 5.32 Å². The predicted molar refractivity (Wildman–Crippen MR) is 70.5 cm³/mol. The molecule has 1 saturated heterocycles. The Bertz CT molecular complexity index is 443. The minimum atomic E-state index is -0.788. The van der Waals surface area contributed by atoms with Gasteiger partial charge in [-0.1, -0.05) is 18.2 Å². The molecule has 5 heteroatoms. The summed E-state index contributed by atoms with van der Waals surface area (Å²) in [5, 5.41) is 12.3. The van der Waals surface area contributed by atoms with E-state index in [4.69, 9.17) is 14.6 Å². The molecule has 1 aliphatic heterocycles. The first-order valence-corrected chi connectivity index (χ1v) is 6.32. The summed E-state index contributed by atoms with van der Waals surface area (Å²) in [6.45, 7) is 1.75. The molecular weight excluding hydrogens is 246 g/mol. The molecule has 1 aliphatic rings. The third kappa shape index (κ3) is 3.05. The van der Waals surface area contributed by atoms with Crippen molar-refractivity contribution < 1.29 is 19.4 Å². The molecule has 2 rings (SSSR count). The Labute approximate surface area is 112 Å². The first-order chi connectivity index (χ1) is 9.18. The number of carboxylic acids is 1. The van der Waals surface area contributed by atoms with Crippen LogP contribution in [0, 0.1) is 5.41 Å². The lowest BCUT2D eigenvalue weighted by molar-refractivity contribution is -0.178. The van der Waals surface area contributed by atoms with Crippen LogP contribution in [0.15, 0.2) is 24.3 Å². The fourth-order valence-corrected chi connectivity index (χ4v) is 2.11. The molecule has 0 atom stereocenters. The lowest BCUT2D eigenvalue weighted by Gasteiger charge is -2.37. The molecule has 0 bridgehead atoms. The van der Waals surface area contributed by atoms with Crippen molar-refractivity contribution in [2.45, 2.75) is 6.42 Å². The number of methoxy groups -OCH3 is 1. The van der Waals surface area contributed by atoms with Gasteiger partial charge in [-0.05, 0) is 24.6 Å². The maximum Gasteiger partial charge on any atom is 0.315 e. The maximum atomic E-state index is 11.1. The molecule has 0 spiro atoms. The minimum absolute atomic E-state index is 0.296. The standard InChI is InChI=1S/C14H19NO4/c1-18-12-5-3-2-4-11(12)6-7-15-8-14(13(16)17)9-19-10-14/h2-5,15H,6-10H2,1H3,(H,16,17). The van der Waals surface area contributed by atoms with E-state index in [1.165, 1.54) is 0 Å². The maximum absolute atomic E-state index is 11.1. The van der Waals surface area contributed by atoms with Crippen molar-refractivity contribution in [1.29, 1.82) is 0 Å². The molecular formula is C14H19NO4. The van der Waals surface area contributed by atoms with Gasteiger partial charge in [0.1, 0.15) is 11.2 Å². The second-order valence-corrected chi connectivity index (χ2v) is 4.82. The van der Waals surface area contributed by atoms with E-state index >= 15 is 0 Å². The van der Waals surface area contributed by atoms with Crippen LogP contribution in [-0.4, -0.2) is 44.5 Å². The number of ether oxygens (including phenoxy) is 2. The Morgan fingerprint density at radius 2 is 2.21 bits per heavy atom. The zero-order chi connectivity index (χ0) is 13.7. The summed E-state index contributed by atoms with van der Waals surface area (Å²) in [6.07, 6.45) is 0.806. The first kappa shape index (κ1) is 13.8. The number of benzene rings is 1. The lowest BCUT2D eigenvalue weighted by Crippen LogP contribution is -2.55. The van der Waals surface area contributed by atoms with Crippen molar-refractivity contribution in [3.63, 3.8) is 0 Å². The molecule has 2 N–H and O–H groups in total. The van der Waals surface area contributed by atoms with Crippen LogP contribution in [0.1, 0.15) is 5.56 Å². The molecule has 0 radical (unpaired) electrons. The highest BCUT2D eigenvalue weighted by Gasteiger charge is 2.45. The van der Waals surface area contributed by atoms with Crippen LogP contribution in [0.2, 0.25) is 0 Å². The van der Waals surface area contributed by atoms with E-state index < -0.39 is 11.4 Å². The van der Waals surface area contributed by atoms with Crippen LogP contribution in [0.4, 0.5) is 0 Å². The number of para-hydroxylation sites is 1. The molecule has 0 saturated carbocycles. The van der Waals surface area contributed by atoms with Gasteiger partial charge in [-0.2, -0.15) is 0 Å². The highest BCUT2D eigenvalue weighted by Crippen LogP contribution is 2.26. The molecule has 1 aromatic carbocycles. The van der Waals surface area contributed by atoms with Crippen LogP contribution in [-0.2, 0) is 16.0 Å². The Hall–Kier alpha value is -1.59. The van der Waals surface area contributed by atoms with Crippen LogP contribution in [0.3, 0.4) is 0 Å². The lowest BCUT2D eigenvalue weighted by atomic mass is 9.86. The summed E-state index contributed by atoms with van der Waals surface area (Å²) in [7, 11) is 1.65. The van der Waals surface area contributed by atoms with E-state index in [1.807, 2.05) is 24.3 Å². The summed E-state index contributed by atoms with van der Waals surface area (Å²) in [5.74, 6) is 0.0766. The minimum Gasteiger partial charge on any atom is -0.496 e. The summed E-state index contributed by atoms with van der Waals surface area (Å²) >= 11 is 0. The van der Waals surface area contributed by atoms with E-state index in [-0.39, 0.29) is 0 Å². The molecule has 19 heavy (non-hydrogen) atoms. The van der Waals surface area contributed by atoms with Crippen molar-refractivity contribution in [3.8, 4) is 5.75 Å². The van der Waals surface area contributed by atoms with Gasteiger partial charge in [0.25, 0.3) is 0 Å². The van der Waals surface area contributed by atoms with Gasteiger partial charge < -0.3 is 19.9 Å². The van der Waals surface area contributed by atoms with Crippen molar-refractivity contribution in [2.24, 2.45) is 5.41 Å². The van der Waals surface area contributed by atoms with Gasteiger partial charge >= 0.3 is 5.97 Å². The summed E-state index contributed by atoms with van der Waals surface area (Å²) < 4.78 is 10.3. The molecule has 1 aromatic rings. The van der Waals surface area contributed by atoms with Gasteiger partial charge in [0.2, 0.25) is 0 Å². The van der Waals surface area contributed by atoms with Gasteiger partial charge in [-0.25, -0.2) is 0 Å². The fraction of sp³-hybridized carbons (Fsp3) is 0.500. The Morgan fingerprint density at radius 1 is 1.47 bits per heavy atom. The van der Waals surface area contributed by atoms with Crippen molar-refractivity contribution >= 4 is 5.97 Å². The van der Waals surface area contributed by atoms with Gasteiger partial charge in [-0.15, -0.1) is 0 Å². The van der Waals surface area contributed by atoms with E-state index in [1.54, 1.807) is 7.11 Å². The van der Waals surface area contributed by atoms with E-state index in [0.29, 0.717) is 19.8 Å². The molecule has 0 unspecified atom stereocenters. The molecule has 1 fully saturated rings. The average Bonchev–Trinajstić information content (AvgIpc) is 2.36. The zero-order valence-corrected chi connectivity index (χ0v) is 11.0. The molecule has 5 nitrogen and oxygen atoms in total. The number of nitrogens with one attached hydrogen (secondary N) is 1. The quantitative estimate of drug-likeness (QED) is 0.718. The molecule has 0 amide bonds. The highest BCUT2D eigenvalue weighted by atomic mass is 16.5. The Kier molecular flexibility index (Phi) is 4.39. The SMILES string of the molecule is COc1ccccc1CCNCC1(C(=O)O)COC1. The monoisotopic (exact) mass is 265 g/mol. The molecule has 104 valence electrons. The van der Waals surface area contributed by atoms with Gasteiger partial charge in [0, 0.05) is 6.54 Å². The van der Waals surface area contributed by atoms with Crippen molar-refractivity contribution in [2.75, 3.05) is 33.4 Å². The van der Waals surface area contributed by atoms with Crippen LogP contribution in [0.5, 0.6) is 5.75 Å². The topological polar surface area (TPSA) is 67.8 Å². The summed E-state index contributed by atoms with van der Waals surface area (Å²) in [5.41, 5.74) is 0.382. The number of carboxylic acid groups (broad SMARTS) is 1. The van der Waals surface area contributed by atoms with Crippen molar-refractivity contribution in [1.82, 2.24) is 5.32 Å². The number of hydrogen-bond donors (Lipinski definition) is 2. The van der Waals surface area contributed by atoms with Crippen molar-refractivity contribution in [3.05, 3.63) is 29.8 Å². The fourth-order valence-electron chi connectivity index (χ4n) is 2.11. The predicted octanol–water partition coefficient (Wildman–Crippen LogP) is 0.928. The molecule has 0 aliphatic carbocycles. The van der Waals surface area contributed by atoms with Crippen LogP contribution in [0.25, 0.3) is 0 Å². The van der Waals surface area contributed by atoms with Crippen LogP contribution < -0.4 is 10.1 Å². The molecule has 1 heterocycles. The highest BCUT2D eigenvalue weighted by molar-refractivity contribution is 5.76. The zero-order valence-electron chi connectivity index (χ0n) is 11.0. The third-order valence-corrected chi connectivity index (χ3v) is 3.44. The van der Waals surface area contributed by atoms with Gasteiger partial charge in [0.15, 0.2) is 0 Å². The molecule has 0 aromatic heterocycles. The van der Waals surface area contributed by atoms with Gasteiger partial charge in [0.05, 0.1) is 20.3 Å². The van der Waals surface area contributed by atoms with E-state index in [9.17, 15) is 4.79 Å². The third-order valence-electron chi connectivity index (χ3n) is 3.44. The number of carbonyl (C=O) groups is 1. The number of hydrogen-bond acceptors (Lipinski definition) is 4. The smallest absolute Gasteiger partial charge is 0.315 e. The summed E-state index contributed by atoms with van der Waals surface area (Å²) in [4.78, 5) is 11.1. The first-order valence-electron chi connectivity index (χ1n) is 6.32. The average molecular weight is 265 g/mol. The van der Waals surface area contributed by atoms with Crippen LogP contribution >= 0.6 is 0 Å². The second-order valence-electron chi connectivity index (χ2n) is 4.82. The second kappa shape index (κ2) is 6.04. The van der Waals surface area contributed by atoms with E-state index in [0.717, 1.165) is 24.3 Å². The van der Waals surface area contributed by atoms with Gasteiger partial charge in [-0.3, -0.25) is 4.79 Å². The number of rotatable bonds is 7. The summed E-state index contributed by atoms with van der Waals surface area (Å²) in [6, 6.07) is 7.84. The Balaban J connectivity index is 1.79.